The molecule has 0 aliphatic heterocycles. The molecule has 0 radical (unpaired) electrons. The Labute approximate surface area is 111 Å². The number of hydrogen-bond acceptors (Lipinski definition) is 2. The average Bonchev–Trinajstić information content (AvgIpc) is 2.61. The van der Waals surface area contributed by atoms with Crippen molar-refractivity contribution in [3.8, 4) is 0 Å². The van der Waals surface area contributed by atoms with Crippen molar-refractivity contribution in [2.75, 3.05) is 0 Å². The van der Waals surface area contributed by atoms with E-state index >= 15 is 0 Å². The van der Waals surface area contributed by atoms with Crippen LogP contribution in [-0.2, 0) is 4.79 Å². The Kier molecular flexibility index (Phi) is 5.48. The van der Waals surface area contributed by atoms with E-state index in [0.717, 1.165) is 12.8 Å². The lowest BCUT2D eigenvalue weighted by atomic mass is 9.83. The fraction of sp³-hybridized carbons (Fsp3) is 0.933. The molecule has 0 aromatic heterocycles. The molecule has 2 rings (SSSR count). The molecule has 0 aromatic carbocycles. The van der Waals surface area contributed by atoms with E-state index in [1.807, 2.05) is 0 Å². The second-order valence-corrected chi connectivity index (χ2v) is 6.17. The van der Waals surface area contributed by atoms with Crippen molar-refractivity contribution in [1.29, 1.82) is 0 Å². The van der Waals surface area contributed by atoms with Gasteiger partial charge >= 0.3 is 0 Å². The summed E-state index contributed by atoms with van der Waals surface area (Å²) in [5, 5.41) is 3.23. The summed E-state index contributed by atoms with van der Waals surface area (Å²) >= 11 is 0. The molecule has 0 saturated heterocycles. The first-order valence-corrected chi connectivity index (χ1v) is 7.80. The molecule has 2 saturated carbocycles. The summed E-state index contributed by atoms with van der Waals surface area (Å²) in [5.74, 6) is 0.661. The third-order valence-corrected chi connectivity index (χ3v) is 4.64. The summed E-state index contributed by atoms with van der Waals surface area (Å²) in [6.07, 6.45) is 12.9. The minimum atomic E-state index is 0.240. The molecular weight excluding hydrogens is 224 g/mol. The Morgan fingerprint density at radius 2 is 1.56 bits per heavy atom. The van der Waals surface area contributed by atoms with Gasteiger partial charge in [0.1, 0.15) is 0 Å². The second-order valence-electron chi connectivity index (χ2n) is 6.17. The van der Waals surface area contributed by atoms with E-state index in [9.17, 15) is 4.79 Å². The summed E-state index contributed by atoms with van der Waals surface area (Å²) < 4.78 is 0. The van der Waals surface area contributed by atoms with Crippen LogP contribution in [0.1, 0.15) is 70.6 Å². The molecule has 2 aliphatic rings. The van der Waals surface area contributed by atoms with Gasteiger partial charge in [-0.2, -0.15) is 0 Å². The van der Waals surface area contributed by atoms with Crippen LogP contribution in [0.25, 0.3) is 0 Å². The molecule has 3 N–H and O–H groups in total. The van der Waals surface area contributed by atoms with Crippen LogP contribution in [0, 0.1) is 5.92 Å². The quantitative estimate of drug-likeness (QED) is 0.759. The number of hydrogen-bond donors (Lipinski definition) is 2. The molecule has 0 aromatic rings. The second kappa shape index (κ2) is 7.13. The fourth-order valence-electron chi connectivity index (χ4n) is 3.44. The number of carbonyl (C=O) groups is 1. The lowest BCUT2D eigenvalue weighted by Crippen LogP contribution is -2.40. The maximum atomic E-state index is 12.1. The minimum absolute atomic E-state index is 0.240. The smallest absolute Gasteiger partial charge is 0.220 e. The van der Waals surface area contributed by atoms with Crippen molar-refractivity contribution < 1.29 is 4.79 Å². The zero-order chi connectivity index (χ0) is 12.8. The average molecular weight is 252 g/mol. The zero-order valence-electron chi connectivity index (χ0n) is 11.5. The number of carbonyl (C=O) groups excluding carboxylic acids is 1. The standard InChI is InChI=1S/C15H28N2O/c16-14-10-6-5-7-12(14)11-15(18)17-13-8-3-1-2-4-9-13/h12-14H,1-11,16H2,(H,17,18). The number of amides is 1. The summed E-state index contributed by atoms with van der Waals surface area (Å²) in [6.45, 7) is 0. The Balaban J connectivity index is 1.73. The molecule has 0 spiro atoms. The fourth-order valence-corrected chi connectivity index (χ4v) is 3.44. The first-order valence-electron chi connectivity index (χ1n) is 7.80. The third-order valence-electron chi connectivity index (χ3n) is 4.64. The van der Waals surface area contributed by atoms with Crippen LogP contribution in [0.15, 0.2) is 0 Å². The van der Waals surface area contributed by atoms with Crippen LogP contribution in [0.5, 0.6) is 0 Å². The van der Waals surface area contributed by atoms with Crippen LogP contribution in [0.3, 0.4) is 0 Å². The van der Waals surface area contributed by atoms with Crippen molar-refractivity contribution in [2.24, 2.45) is 11.7 Å². The molecule has 104 valence electrons. The molecule has 2 atom stereocenters. The van der Waals surface area contributed by atoms with E-state index in [0.29, 0.717) is 18.4 Å². The topological polar surface area (TPSA) is 55.1 Å². The van der Waals surface area contributed by atoms with Crippen molar-refractivity contribution in [3.05, 3.63) is 0 Å². The Bertz CT molecular complexity index is 259. The predicted octanol–water partition coefficient (Wildman–Crippen LogP) is 2.73. The highest BCUT2D eigenvalue weighted by Gasteiger charge is 2.25. The van der Waals surface area contributed by atoms with Gasteiger partial charge in [-0.05, 0) is 31.6 Å². The molecule has 0 bridgehead atoms. The molecule has 1 amide bonds. The van der Waals surface area contributed by atoms with Gasteiger partial charge < -0.3 is 11.1 Å². The molecule has 18 heavy (non-hydrogen) atoms. The van der Waals surface area contributed by atoms with Crippen molar-refractivity contribution in [3.63, 3.8) is 0 Å². The van der Waals surface area contributed by atoms with E-state index in [1.165, 1.54) is 51.4 Å². The van der Waals surface area contributed by atoms with Gasteiger partial charge in [-0.15, -0.1) is 0 Å². The van der Waals surface area contributed by atoms with E-state index in [2.05, 4.69) is 5.32 Å². The molecule has 3 nitrogen and oxygen atoms in total. The third kappa shape index (κ3) is 4.27. The van der Waals surface area contributed by atoms with Gasteiger partial charge in [0.25, 0.3) is 0 Å². The lowest BCUT2D eigenvalue weighted by molar-refractivity contribution is -0.123. The minimum Gasteiger partial charge on any atom is -0.353 e. The summed E-state index contributed by atoms with van der Waals surface area (Å²) in [5.41, 5.74) is 6.11. The highest BCUT2D eigenvalue weighted by molar-refractivity contribution is 5.76. The molecule has 2 fully saturated rings. The van der Waals surface area contributed by atoms with Crippen LogP contribution in [0.2, 0.25) is 0 Å². The first kappa shape index (κ1) is 13.9. The molecule has 0 heterocycles. The summed E-state index contributed by atoms with van der Waals surface area (Å²) in [7, 11) is 0. The van der Waals surface area contributed by atoms with Crippen molar-refractivity contribution in [2.45, 2.75) is 82.7 Å². The Hall–Kier alpha value is -0.570. The molecule has 2 aliphatic carbocycles. The Morgan fingerprint density at radius 3 is 2.22 bits per heavy atom. The van der Waals surface area contributed by atoms with Gasteiger partial charge in [-0.25, -0.2) is 0 Å². The SMILES string of the molecule is NC1CCCCC1CC(=O)NC1CCCCCC1. The van der Waals surface area contributed by atoms with E-state index in [1.54, 1.807) is 0 Å². The highest BCUT2D eigenvalue weighted by Crippen LogP contribution is 2.26. The molecular formula is C15H28N2O. The van der Waals surface area contributed by atoms with Crippen LogP contribution < -0.4 is 11.1 Å². The van der Waals surface area contributed by atoms with Gasteiger partial charge in [-0.1, -0.05) is 38.5 Å². The van der Waals surface area contributed by atoms with Crippen molar-refractivity contribution >= 4 is 5.91 Å². The first-order chi connectivity index (χ1) is 8.75. The number of nitrogens with one attached hydrogen (secondary N) is 1. The largest absolute Gasteiger partial charge is 0.353 e. The van der Waals surface area contributed by atoms with Gasteiger partial charge in [0, 0.05) is 18.5 Å². The van der Waals surface area contributed by atoms with Gasteiger partial charge in [0.15, 0.2) is 0 Å². The van der Waals surface area contributed by atoms with E-state index < -0.39 is 0 Å². The summed E-state index contributed by atoms with van der Waals surface area (Å²) in [6, 6.07) is 0.679. The van der Waals surface area contributed by atoms with Gasteiger partial charge in [0.2, 0.25) is 5.91 Å². The maximum absolute atomic E-state index is 12.1. The van der Waals surface area contributed by atoms with Gasteiger partial charge in [-0.3, -0.25) is 4.79 Å². The van der Waals surface area contributed by atoms with E-state index in [-0.39, 0.29) is 11.9 Å². The summed E-state index contributed by atoms with van der Waals surface area (Å²) in [4.78, 5) is 12.1. The number of rotatable bonds is 3. The lowest BCUT2D eigenvalue weighted by Gasteiger charge is -2.28. The Morgan fingerprint density at radius 1 is 0.944 bits per heavy atom. The van der Waals surface area contributed by atoms with Crippen LogP contribution in [0.4, 0.5) is 0 Å². The predicted molar refractivity (Wildman–Crippen MR) is 74.2 cm³/mol. The number of nitrogens with two attached hydrogens (primary N) is 1. The monoisotopic (exact) mass is 252 g/mol. The normalized spacial score (nSPS) is 30.7. The van der Waals surface area contributed by atoms with E-state index in [4.69, 9.17) is 5.73 Å². The van der Waals surface area contributed by atoms with Gasteiger partial charge in [0.05, 0.1) is 0 Å². The molecule has 3 heteroatoms. The van der Waals surface area contributed by atoms with Crippen LogP contribution in [-0.4, -0.2) is 18.0 Å². The van der Waals surface area contributed by atoms with Crippen LogP contribution >= 0.6 is 0 Å². The molecule has 2 unspecified atom stereocenters. The maximum Gasteiger partial charge on any atom is 0.220 e. The van der Waals surface area contributed by atoms with Crippen molar-refractivity contribution in [1.82, 2.24) is 5.32 Å². The highest BCUT2D eigenvalue weighted by atomic mass is 16.1. The zero-order valence-corrected chi connectivity index (χ0v) is 11.5.